The normalized spacial score (nSPS) is 54.8. The molecule has 4 heteroatoms. The van der Waals surface area contributed by atoms with Crippen LogP contribution in [-0.4, -0.2) is 36.5 Å². The Labute approximate surface area is 169 Å². The van der Waals surface area contributed by atoms with Gasteiger partial charge in [0.05, 0.1) is 18.3 Å². The van der Waals surface area contributed by atoms with Crippen LogP contribution in [0.25, 0.3) is 0 Å². The first kappa shape index (κ1) is 17.2. The van der Waals surface area contributed by atoms with Crippen molar-refractivity contribution in [3.05, 3.63) is 48.0 Å². The van der Waals surface area contributed by atoms with Gasteiger partial charge in [-0.25, -0.2) is 0 Å². The number of ether oxygens (including phenoxy) is 3. The molecule has 1 aromatic rings. The van der Waals surface area contributed by atoms with Gasteiger partial charge in [0.2, 0.25) is 0 Å². The van der Waals surface area contributed by atoms with E-state index in [0.717, 1.165) is 0 Å². The highest BCUT2D eigenvalue weighted by molar-refractivity contribution is 9.09. The zero-order valence-electron chi connectivity index (χ0n) is 15.8. The minimum Gasteiger partial charge on any atom is -0.370 e. The highest BCUT2D eigenvalue weighted by atomic mass is 79.9. The molecule has 3 nitrogen and oxygen atoms in total. The van der Waals surface area contributed by atoms with E-state index in [2.05, 4.69) is 65.3 Å². The van der Waals surface area contributed by atoms with Gasteiger partial charge < -0.3 is 14.2 Å². The van der Waals surface area contributed by atoms with Crippen molar-refractivity contribution in [2.24, 2.45) is 29.1 Å². The number of methoxy groups -OCH3 is 1. The average molecular weight is 431 g/mol. The van der Waals surface area contributed by atoms with Gasteiger partial charge in [0.15, 0.2) is 6.29 Å². The smallest absolute Gasteiger partial charge is 0.163 e. The molecular formula is C23H27BrO3. The Kier molecular flexibility index (Phi) is 3.77. The molecule has 1 heterocycles. The SMILES string of the molecule is COC1O[C@@H]2[C@H](O[C@H]3[C@H](Br)[C@@H]4C[C@H]3[C@@]1(C)[C@@H]4c1ccccc1)[C@@H]1C=C[C@H]2C1. The van der Waals surface area contributed by atoms with Gasteiger partial charge >= 0.3 is 0 Å². The first-order valence-corrected chi connectivity index (χ1v) is 11.3. The van der Waals surface area contributed by atoms with Gasteiger partial charge in [0.1, 0.15) is 0 Å². The maximum absolute atomic E-state index is 6.85. The van der Waals surface area contributed by atoms with Crippen molar-refractivity contribution in [2.75, 3.05) is 7.11 Å². The molecule has 4 aliphatic carbocycles. The number of alkyl halides is 1. The largest absolute Gasteiger partial charge is 0.370 e. The number of fused-ring (bicyclic) bond motifs is 6. The Morgan fingerprint density at radius 2 is 1.70 bits per heavy atom. The highest BCUT2D eigenvalue weighted by Gasteiger charge is 2.69. The molecule has 6 rings (SSSR count). The molecule has 11 atom stereocenters. The van der Waals surface area contributed by atoms with Crippen LogP contribution in [0, 0.1) is 29.1 Å². The third kappa shape index (κ3) is 2.13. The predicted octanol–water partition coefficient (Wildman–Crippen LogP) is 4.52. The van der Waals surface area contributed by atoms with Crippen LogP contribution >= 0.6 is 15.9 Å². The Morgan fingerprint density at radius 1 is 1.00 bits per heavy atom. The van der Waals surface area contributed by atoms with Gasteiger partial charge in [-0.15, -0.1) is 0 Å². The fourth-order valence-electron chi connectivity index (χ4n) is 7.27. The van der Waals surface area contributed by atoms with Crippen molar-refractivity contribution in [1.29, 1.82) is 0 Å². The third-order valence-corrected chi connectivity index (χ3v) is 9.54. The summed E-state index contributed by atoms with van der Waals surface area (Å²) in [5, 5.41) is 0. The van der Waals surface area contributed by atoms with E-state index < -0.39 is 0 Å². The third-order valence-electron chi connectivity index (χ3n) is 8.34. The Hall–Kier alpha value is -0.680. The van der Waals surface area contributed by atoms with E-state index in [1.807, 2.05) is 7.11 Å². The summed E-state index contributed by atoms with van der Waals surface area (Å²) in [6.07, 6.45) is 7.40. The molecule has 0 aromatic heterocycles. The lowest BCUT2D eigenvalue weighted by atomic mass is 9.63. The molecule has 4 bridgehead atoms. The quantitative estimate of drug-likeness (QED) is 0.509. The summed E-state index contributed by atoms with van der Waals surface area (Å²) in [6, 6.07) is 11.0. The second kappa shape index (κ2) is 5.91. The maximum atomic E-state index is 6.85. The van der Waals surface area contributed by atoms with Crippen LogP contribution in [0.15, 0.2) is 42.5 Å². The summed E-state index contributed by atoms with van der Waals surface area (Å²) in [4.78, 5) is 0.403. The van der Waals surface area contributed by atoms with Crippen LogP contribution in [0.2, 0.25) is 0 Å². The summed E-state index contributed by atoms with van der Waals surface area (Å²) in [7, 11) is 1.82. The van der Waals surface area contributed by atoms with E-state index in [-0.39, 0.29) is 30.0 Å². The molecule has 0 N–H and O–H groups in total. The lowest BCUT2D eigenvalue weighted by molar-refractivity contribution is -0.286. The molecule has 144 valence electrons. The number of benzene rings is 1. The van der Waals surface area contributed by atoms with Crippen molar-refractivity contribution in [1.82, 2.24) is 0 Å². The van der Waals surface area contributed by atoms with Gasteiger partial charge in [-0.05, 0) is 36.2 Å². The van der Waals surface area contributed by atoms with E-state index >= 15 is 0 Å². The first-order chi connectivity index (χ1) is 13.1. The van der Waals surface area contributed by atoms with Gasteiger partial charge in [0, 0.05) is 29.2 Å². The van der Waals surface area contributed by atoms with E-state index in [9.17, 15) is 0 Å². The molecule has 1 aliphatic heterocycles. The molecule has 1 unspecified atom stereocenters. The summed E-state index contributed by atoms with van der Waals surface area (Å²) in [5.74, 6) is 2.40. The van der Waals surface area contributed by atoms with Crippen molar-refractivity contribution in [2.45, 2.75) is 55.1 Å². The minimum atomic E-state index is -0.190. The van der Waals surface area contributed by atoms with Crippen LogP contribution in [0.1, 0.15) is 31.2 Å². The van der Waals surface area contributed by atoms with E-state index in [4.69, 9.17) is 14.2 Å². The Balaban J connectivity index is 1.46. The lowest BCUT2D eigenvalue weighted by Crippen LogP contribution is -2.58. The molecule has 1 saturated heterocycles. The number of hydrogen-bond acceptors (Lipinski definition) is 3. The molecule has 1 aromatic carbocycles. The molecule has 0 spiro atoms. The topological polar surface area (TPSA) is 27.7 Å². The van der Waals surface area contributed by atoms with Crippen molar-refractivity contribution < 1.29 is 14.2 Å². The fraction of sp³-hybridized carbons (Fsp3) is 0.652. The first-order valence-electron chi connectivity index (χ1n) is 10.3. The van der Waals surface area contributed by atoms with Gasteiger partial charge in [-0.2, -0.15) is 0 Å². The number of rotatable bonds is 2. The molecular weight excluding hydrogens is 404 g/mol. The van der Waals surface area contributed by atoms with Crippen LogP contribution in [0.5, 0.6) is 0 Å². The van der Waals surface area contributed by atoms with Crippen LogP contribution < -0.4 is 0 Å². The minimum absolute atomic E-state index is 0.0772. The van der Waals surface area contributed by atoms with Crippen LogP contribution in [0.4, 0.5) is 0 Å². The van der Waals surface area contributed by atoms with E-state index in [0.29, 0.717) is 34.4 Å². The maximum Gasteiger partial charge on any atom is 0.163 e. The highest BCUT2D eigenvalue weighted by Crippen LogP contribution is 2.69. The summed E-state index contributed by atoms with van der Waals surface area (Å²) in [5.41, 5.74) is 1.33. The monoisotopic (exact) mass is 430 g/mol. The van der Waals surface area contributed by atoms with Crippen LogP contribution in [0.3, 0.4) is 0 Å². The van der Waals surface area contributed by atoms with E-state index in [1.54, 1.807) is 0 Å². The molecule has 4 fully saturated rings. The molecule has 5 aliphatic rings. The zero-order chi connectivity index (χ0) is 18.3. The number of halogens is 1. The van der Waals surface area contributed by atoms with Crippen molar-refractivity contribution in [3.8, 4) is 0 Å². The molecule has 0 amide bonds. The average Bonchev–Trinajstić information content (AvgIpc) is 3.41. The Morgan fingerprint density at radius 3 is 2.41 bits per heavy atom. The summed E-state index contributed by atoms with van der Waals surface area (Å²) < 4.78 is 19.7. The van der Waals surface area contributed by atoms with Gasteiger partial charge in [0.25, 0.3) is 0 Å². The molecule has 27 heavy (non-hydrogen) atoms. The Bertz CT molecular complexity index is 766. The molecule has 3 saturated carbocycles. The fourth-order valence-corrected chi connectivity index (χ4v) is 8.28. The zero-order valence-corrected chi connectivity index (χ0v) is 17.4. The lowest BCUT2D eigenvalue weighted by Gasteiger charge is -2.53. The summed E-state index contributed by atoms with van der Waals surface area (Å²) >= 11 is 4.07. The van der Waals surface area contributed by atoms with Gasteiger partial charge in [-0.3, -0.25) is 0 Å². The molecule has 0 radical (unpaired) electrons. The van der Waals surface area contributed by atoms with Gasteiger partial charge in [-0.1, -0.05) is 65.3 Å². The van der Waals surface area contributed by atoms with Crippen molar-refractivity contribution >= 4 is 15.9 Å². The summed E-state index contributed by atoms with van der Waals surface area (Å²) in [6.45, 7) is 2.39. The number of hydrogen-bond donors (Lipinski definition) is 0. The van der Waals surface area contributed by atoms with E-state index in [1.165, 1.54) is 18.4 Å². The second-order valence-corrected chi connectivity index (χ2v) is 10.4. The standard InChI is InChI=1S/C23H27BrO3/c1-23-16-11-15(17(23)12-6-4-3-5-7-12)18(24)21(16)26-19-13-8-9-14(10-13)20(19)27-22(23)25-2/h3-9,13-22H,10-11H2,1-2H3/t13-,14+,15-,16-,17-,18-,19-,20+,21-,22?,23+/m1/s1. The van der Waals surface area contributed by atoms with Crippen molar-refractivity contribution in [3.63, 3.8) is 0 Å². The van der Waals surface area contributed by atoms with Crippen LogP contribution in [-0.2, 0) is 14.2 Å². The predicted molar refractivity (Wildman–Crippen MR) is 107 cm³/mol. The second-order valence-electron chi connectivity index (χ2n) is 9.39.